The summed E-state index contributed by atoms with van der Waals surface area (Å²) in [5.41, 5.74) is -0.316. The van der Waals surface area contributed by atoms with Gasteiger partial charge < -0.3 is 4.90 Å². The molecule has 0 aromatic carbocycles. The van der Waals surface area contributed by atoms with Crippen LogP contribution in [0.3, 0.4) is 0 Å². The first kappa shape index (κ1) is 21.2. The van der Waals surface area contributed by atoms with Crippen molar-refractivity contribution in [2.45, 2.75) is 63.4 Å². The summed E-state index contributed by atoms with van der Waals surface area (Å²) >= 11 is 1.29. The van der Waals surface area contributed by atoms with Gasteiger partial charge in [-0.2, -0.15) is 0 Å². The lowest BCUT2D eigenvalue weighted by atomic mass is 9.47. The van der Waals surface area contributed by atoms with Crippen LogP contribution in [0.25, 0.3) is 0 Å². The van der Waals surface area contributed by atoms with Crippen molar-refractivity contribution < 1.29 is 14.0 Å². The number of amides is 1. The lowest BCUT2D eigenvalue weighted by Crippen LogP contribution is -2.60. The number of carbonyl (C=O) groups excluding carboxylic acids is 2. The number of fused-ring (bicyclic) bond motifs is 5. The number of aromatic nitrogens is 1. The van der Waals surface area contributed by atoms with Crippen LogP contribution in [-0.4, -0.2) is 34.0 Å². The van der Waals surface area contributed by atoms with E-state index in [1.807, 2.05) is 18.2 Å². The van der Waals surface area contributed by atoms with Gasteiger partial charge in [0, 0.05) is 30.6 Å². The fourth-order valence-corrected chi connectivity index (χ4v) is 8.79. The molecule has 6 heteroatoms. The monoisotopic (exact) mass is 442 g/mol. The molecule has 4 aliphatic rings. The van der Waals surface area contributed by atoms with Crippen molar-refractivity contribution in [1.82, 2.24) is 9.88 Å². The molecule has 3 aliphatic carbocycles. The number of pyridine rings is 1. The third kappa shape index (κ3) is 3.12. The molecule has 2 heterocycles. The summed E-state index contributed by atoms with van der Waals surface area (Å²) in [4.78, 5) is 31.5. The second-order valence-electron chi connectivity index (χ2n) is 10.5. The van der Waals surface area contributed by atoms with Crippen molar-refractivity contribution in [3.63, 3.8) is 0 Å². The van der Waals surface area contributed by atoms with Gasteiger partial charge in [0.15, 0.2) is 10.9 Å². The van der Waals surface area contributed by atoms with Crippen LogP contribution in [0.1, 0.15) is 52.4 Å². The van der Waals surface area contributed by atoms with E-state index in [9.17, 15) is 14.0 Å². The smallest absolute Gasteiger partial charge is 0.282 e. The summed E-state index contributed by atoms with van der Waals surface area (Å²) in [5.74, 6) is 0.327. The average molecular weight is 443 g/mol. The van der Waals surface area contributed by atoms with Gasteiger partial charge in [-0.05, 0) is 91.7 Å². The summed E-state index contributed by atoms with van der Waals surface area (Å²) < 4.78 is 14.5. The van der Waals surface area contributed by atoms with Crippen molar-refractivity contribution in [3.8, 4) is 0 Å². The van der Waals surface area contributed by atoms with Crippen molar-refractivity contribution in [2.75, 3.05) is 7.05 Å². The van der Waals surface area contributed by atoms with Crippen LogP contribution >= 0.6 is 11.8 Å². The molecule has 0 spiro atoms. The predicted molar refractivity (Wildman–Crippen MR) is 119 cm³/mol. The van der Waals surface area contributed by atoms with Crippen molar-refractivity contribution in [3.05, 3.63) is 36.3 Å². The molecule has 3 saturated carbocycles. The number of rotatable bonds is 2. The molecule has 1 aliphatic heterocycles. The first-order valence-corrected chi connectivity index (χ1v) is 12.4. The minimum atomic E-state index is -0.596. The van der Waals surface area contributed by atoms with E-state index in [1.165, 1.54) is 11.8 Å². The standard InChI is InChI=1S/C25H31FN2O2S/c1-24-12-11-17-15(7-10-20-25(17,2)14-19(26)22(29)28(20)3)16(24)8-9-18(24)23(30)31-21-6-4-5-13-27-21/h4-6,13-18,20H,7-12H2,1-3H3/t15?,16-,17?,18?,20+,24-,25+/m0/s1. The van der Waals surface area contributed by atoms with Gasteiger partial charge in [0.05, 0.1) is 0 Å². The molecule has 0 radical (unpaired) electrons. The largest absolute Gasteiger partial charge is 0.336 e. The van der Waals surface area contributed by atoms with Crippen LogP contribution in [0.5, 0.6) is 0 Å². The first-order valence-electron chi connectivity index (χ1n) is 11.5. The van der Waals surface area contributed by atoms with Gasteiger partial charge in [-0.3, -0.25) is 9.59 Å². The Hall–Kier alpha value is -1.69. The summed E-state index contributed by atoms with van der Waals surface area (Å²) in [6.07, 6.45) is 9.35. The fraction of sp³-hybridized carbons (Fsp3) is 0.640. The van der Waals surface area contributed by atoms with Gasteiger partial charge in [-0.1, -0.05) is 19.9 Å². The van der Waals surface area contributed by atoms with Gasteiger partial charge >= 0.3 is 0 Å². The minimum absolute atomic E-state index is 0.00186. The van der Waals surface area contributed by atoms with E-state index >= 15 is 0 Å². The summed E-state index contributed by atoms with van der Waals surface area (Å²) in [6.45, 7) is 4.48. The number of nitrogens with zero attached hydrogens (tertiary/aromatic N) is 2. The Labute approximate surface area is 188 Å². The Morgan fingerprint density at radius 3 is 2.71 bits per heavy atom. The number of hydrogen-bond donors (Lipinski definition) is 0. The van der Waals surface area contributed by atoms with Crippen molar-refractivity contribution in [1.29, 1.82) is 0 Å². The van der Waals surface area contributed by atoms with E-state index in [0.717, 1.165) is 43.6 Å². The fourth-order valence-electron chi connectivity index (χ4n) is 7.80. The third-order valence-electron chi connectivity index (χ3n) is 9.28. The van der Waals surface area contributed by atoms with E-state index in [-0.39, 0.29) is 27.9 Å². The summed E-state index contributed by atoms with van der Waals surface area (Å²) in [7, 11) is 1.75. The molecule has 5 rings (SSSR count). The first-order chi connectivity index (χ1) is 14.8. The zero-order valence-electron chi connectivity index (χ0n) is 18.5. The van der Waals surface area contributed by atoms with Gasteiger partial charge in [-0.15, -0.1) is 0 Å². The minimum Gasteiger partial charge on any atom is -0.336 e. The van der Waals surface area contributed by atoms with Gasteiger partial charge in [-0.25, -0.2) is 9.37 Å². The molecular formula is C25H31FN2O2S. The van der Waals surface area contributed by atoms with Crippen LogP contribution in [0.15, 0.2) is 41.3 Å². The van der Waals surface area contributed by atoms with E-state index in [4.69, 9.17) is 0 Å². The molecule has 0 bridgehead atoms. The van der Waals surface area contributed by atoms with Crippen LogP contribution in [0.4, 0.5) is 4.39 Å². The second-order valence-corrected chi connectivity index (χ2v) is 11.5. The molecule has 166 valence electrons. The summed E-state index contributed by atoms with van der Waals surface area (Å²) in [6, 6.07) is 5.76. The lowest BCUT2D eigenvalue weighted by Gasteiger charge is -2.60. The molecule has 31 heavy (non-hydrogen) atoms. The van der Waals surface area contributed by atoms with Crippen molar-refractivity contribution >= 4 is 22.8 Å². The number of likely N-dealkylation sites (N-methyl/N-ethyl adjacent to an activating group) is 1. The van der Waals surface area contributed by atoms with E-state index < -0.39 is 11.7 Å². The maximum Gasteiger partial charge on any atom is 0.282 e. The highest BCUT2D eigenvalue weighted by Crippen LogP contribution is 2.66. The van der Waals surface area contributed by atoms with Crippen LogP contribution in [0, 0.1) is 34.5 Å². The molecule has 1 amide bonds. The molecule has 4 nitrogen and oxygen atoms in total. The number of thioether (sulfide) groups is 1. The van der Waals surface area contributed by atoms with Crippen LogP contribution < -0.4 is 0 Å². The Morgan fingerprint density at radius 2 is 1.97 bits per heavy atom. The van der Waals surface area contributed by atoms with Crippen LogP contribution in [0.2, 0.25) is 0 Å². The van der Waals surface area contributed by atoms with E-state index in [0.29, 0.717) is 17.8 Å². The molecule has 7 atom stereocenters. The highest BCUT2D eigenvalue weighted by molar-refractivity contribution is 8.13. The molecule has 0 saturated heterocycles. The molecule has 0 N–H and O–H groups in total. The molecule has 3 fully saturated rings. The zero-order valence-corrected chi connectivity index (χ0v) is 19.3. The highest BCUT2D eigenvalue weighted by Gasteiger charge is 2.62. The van der Waals surface area contributed by atoms with Crippen LogP contribution in [-0.2, 0) is 9.59 Å². The molecule has 3 unspecified atom stereocenters. The SMILES string of the molecule is CN1C(=O)C(F)=C[C@]2(C)C3CC[C@]4(C)C(C(=O)Sc5ccccn5)CC[C@H]4C3CC[C@@H]12. The maximum atomic E-state index is 14.5. The average Bonchev–Trinajstić information content (AvgIpc) is 3.10. The summed E-state index contributed by atoms with van der Waals surface area (Å²) in [5, 5.41) is 1.02. The van der Waals surface area contributed by atoms with Gasteiger partial charge in [0.25, 0.3) is 5.91 Å². The Balaban J connectivity index is 1.40. The predicted octanol–water partition coefficient (Wildman–Crippen LogP) is 5.25. The quantitative estimate of drug-likeness (QED) is 0.587. The maximum absolute atomic E-state index is 14.5. The molecule has 1 aromatic rings. The highest BCUT2D eigenvalue weighted by atomic mass is 32.2. The number of halogens is 1. The van der Waals surface area contributed by atoms with Crippen molar-refractivity contribution in [2.24, 2.45) is 34.5 Å². The molecular weight excluding hydrogens is 411 g/mol. The van der Waals surface area contributed by atoms with Gasteiger partial charge in [0.2, 0.25) is 0 Å². The Bertz CT molecular complexity index is 937. The van der Waals surface area contributed by atoms with E-state index in [2.05, 4.69) is 18.8 Å². The number of hydrogen-bond acceptors (Lipinski definition) is 4. The topological polar surface area (TPSA) is 50.3 Å². The normalized spacial score (nSPS) is 41.8. The zero-order chi connectivity index (χ0) is 22.0. The van der Waals surface area contributed by atoms with Gasteiger partial charge in [0.1, 0.15) is 5.03 Å². The lowest BCUT2D eigenvalue weighted by molar-refractivity contribution is -0.143. The number of carbonyl (C=O) groups is 2. The Kier molecular flexibility index (Phi) is 5.07. The third-order valence-corrected chi connectivity index (χ3v) is 10.2. The Morgan fingerprint density at radius 1 is 1.16 bits per heavy atom. The molecule has 1 aromatic heterocycles. The van der Waals surface area contributed by atoms with E-state index in [1.54, 1.807) is 24.2 Å². The second kappa shape index (κ2) is 7.43.